The summed E-state index contributed by atoms with van der Waals surface area (Å²) in [6.45, 7) is 2.41. The maximum absolute atomic E-state index is 10.6. The van der Waals surface area contributed by atoms with E-state index in [1.54, 1.807) is 0 Å². The van der Waals surface area contributed by atoms with Crippen LogP contribution >= 0.6 is 11.8 Å². The van der Waals surface area contributed by atoms with Crippen molar-refractivity contribution in [2.45, 2.75) is 37.1 Å². The van der Waals surface area contributed by atoms with E-state index in [2.05, 4.69) is 4.99 Å². The van der Waals surface area contributed by atoms with Gasteiger partial charge in [-0.1, -0.05) is 11.8 Å². The average Bonchev–Trinajstić information content (AvgIpc) is 2.23. The molecule has 4 N–H and O–H groups in total. The number of nitrogens with two attached hydrogens (primary N) is 1. The summed E-state index contributed by atoms with van der Waals surface area (Å²) < 4.78 is 5.26. The maximum atomic E-state index is 10.6. The van der Waals surface area contributed by atoms with Gasteiger partial charge in [-0.25, -0.2) is 0 Å². The van der Waals surface area contributed by atoms with Crippen LogP contribution < -0.4 is 5.73 Å². The van der Waals surface area contributed by atoms with Crippen molar-refractivity contribution in [2.75, 3.05) is 6.54 Å². The zero-order valence-corrected chi connectivity index (χ0v) is 9.76. The molecule has 0 aliphatic carbocycles. The number of rotatable bonds is 3. The van der Waals surface area contributed by atoms with E-state index in [0.29, 0.717) is 18.0 Å². The van der Waals surface area contributed by atoms with Crippen LogP contribution in [0.1, 0.15) is 13.3 Å². The van der Waals surface area contributed by atoms with E-state index in [4.69, 9.17) is 10.5 Å². The number of carbonyl (C=O) groups is 1. The zero-order valence-electron chi connectivity index (χ0n) is 8.94. The van der Waals surface area contributed by atoms with Crippen molar-refractivity contribution in [3.8, 4) is 0 Å². The third-order valence-electron chi connectivity index (χ3n) is 2.17. The lowest BCUT2D eigenvalue weighted by atomic mass is 10.0. The molecule has 0 bridgehead atoms. The fourth-order valence-electron chi connectivity index (χ4n) is 1.38. The number of hydrogen-bond acceptors (Lipinski definition) is 6. The van der Waals surface area contributed by atoms with E-state index in [9.17, 15) is 15.0 Å². The van der Waals surface area contributed by atoms with Crippen molar-refractivity contribution < 1.29 is 19.7 Å². The highest BCUT2D eigenvalue weighted by Crippen LogP contribution is 2.27. The Kier molecular flexibility index (Phi) is 5.20. The van der Waals surface area contributed by atoms with Gasteiger partial charge < -0.3 is 25.5 Å². The molecule has 1 aliphatic rings. The van der Waals surface area contributed by atoms with Crippen molar-refractivity contribution in [1.82, 2.24) is 0 Å². The molecule has 0 saturated carbocycles. The second-order valence-corrected chi connectivity index (χ2v) is 4.57. The minimum atomic E-state index is -1.17. The molecular formula is C9H16N2O4S. The van der Waals surface area contributed by atoms with Crippen molar-refractivity contribution >= 4 is 23.2 Å². The number of aliphatic hydroxyl groups is 2. The Labute approximate surface area is 97.9 Å². The van der Waals surface area contributed by atoms with Crippen LogP contribution in [-0.4, -0.2) is 52.0 Å². The Bertz CT molecular complexity index is 274. The number of ether oxygens (including phenoxy) is 1. The molecule has 1 aliphatic heterocycles. The molecule has 16 heavy (non-hydrogen) atoms. The number of amidine groups is 1. The van der Waals surface area contributed by atoms with Crippen LogP contribution in [0.15, 0.2) is 4.99 Å². The minimum absolute atomic E-state index is 0.218. The number of carbonyl (C=O) groups excluding carboxylic acids is 1. The molecule has 1 heterocycles. The Morgan fingerprint density at radius 2 is 2.38 bits per heavy atom. The molecular weight excluding hydrogens is 232 g/mol. The first kappa shape index (κ1) is 13.4. The lowest BCUT2D eigenvalue weighted by Gasteiger charge is -2.33. The molecule has 4 atom stereocenters. The van der Waals surface area contributed by atoms with Gasteiger partial charge in [-0.15, -0.1) is 0 Å². The van der Waals surface area contributed by atoms with E-state index in [0.717, 1.165) is 11.8 Å². The average molecular weight is 248 g/mol. The third-order valence-corrected chi connectivity index (χ3v) is 3.11. The molecule has 0 amide bonds. The molecule has 1 rings (SSSR count). The number of aldehydes is 1. The van der Waals surface area contributed by atoms with Gasteiger partial charge in [-0.2, -0.15) is 0 Å². The van der Waals surface area contributed by atoms with Crippen LogP contribution in [0.3, 0.4) is 0 Å². The van der Waals surface area contributed by atoms with Gasteiger partial charge in [0, 0.05) is 13.0 Å². The fourth-order valence-corrected chi connectivity index (χ4v) is 2.33. The minimum Gasteiger partial charge on any atom is -0.390 e. The van der Waals surface area contributed by atoms with Crippen LogP contribution in [-0.2, 0) is 9.53 Å². The topological polar surface area (TPSA) is 105 Å². The lowest BCUT2D eigenvalue weighted by molar-refractivity contribution is -0.155. The summed E-state index contributed by atoms with van der Waals surface area (Å²) in [7, 11) is 0. The van der Waals surface area contributed by atoms with Crippen molar-refractivity contribution in [2.24, 2.45) is 10.7 Å². The first-order chi connectivity index (χ1) is 7.58. The van der Waals surface area contributed by atoms with Gasteiger partial charge in [0.1, 0.15) is 17.6 Å². The highest BCUT2D eigenvalue weighted by atomic mass is 32.2. The Balaban J connectivity index is 2.56. The van der Waals surface area contributed by atoms with Gasteiger partial charge >= 0.3 is 0 Å². The normalized spacial score (nSPS) is 36.1. The number of nitrogens with zero attached hydrogens (tertiary/aromatic N) is 1. The maximum Gasteiger partial charge on any atom is 0.156 e. The Morgan fingerprint density at radius 1 is 1.69 bits per heavy atom. The second-order valence-electron chi connectivity index (χ2n) is 3.39. The predicted octanol–water partition coefficient (Wildman–Crippen LogP) is -0.910. The molecule has 2 unspecified atom stereocenters. The van der Waals surface area contributed by atoms with E-state index in [1.165, 1.54) is 0 Å². The molecule has 0 spiro atoms. The van der Waals surface area contributed by atoms with Crippen LogP contribution in [0.2, 0.25) is 0 Å². The van der Waals surface area contributed by atoms with E-state index in [1.807, 2.05) is 6.92 Å². The van der Waals surface area contributed by atoms with Crippen LogP contribution in [0.4, 0.5) is 0 Å². The highest BCUT2D eigenvalue weighted by molar-refractivity contribution is 8.14. The third kappa shape index (κ3) is 3.44. The van der Waals surface area contributed by atoms with Crippen molar-refractivity contribution in [1.29, 1.82) is 0 Å². The highest BCUT2D eigenvalue weighted by Gasteiger charge is 2.37. The Morgan fingerprint density at radius 3 is 2.94 bits per heavy atom. The number of hydrogen-bond donors (Lipinski definition) is 3. The number of thioether (sulfide) groups is 1. The van der Waals surface area contributed by atoms with Crippen LogP contribution in [0, 0.1) is 0 Å². The SMILES string of the molecule is CCN=C(N)S[C@@H]1CC(O)[C@H](O)C(C=O)O1. The van der Waals surface area contributed by atoms with Crippen molar-refractivity contribution in [3.63, 3.8) is 0 Å². The first-order valence-electron chi connectivity index (χ1n) is 5.02. The molecule has 1 fully saturated rings. The van der Waals surface area contributed by atoms with Crippen LogP contribution in [0.5, 0.6) is 0 Å². The summed E-state index contributed by atoms with van der Waals surface area (Å²) in [5.74, 6) is 0. The standard InChI is InChI=1S/C9H16N2O4S/c1-2-11-9(10)16-7-3-5(13)8(14)6(4-12)15-7/h4-8,13-14H,2-3H2,1H3,(H2,10,11)/t5?,6?,7-,8+/m1/s1. The molecule has 1 saturated heterocycles. The summed E-state index contributed by atoms with van der Waals surface area (Å²) >= 11 is 1.15. The quantitative estimate of drug-likeness (QED) is 0.339. The van der Waals surface area contributed by atoms with Gasteiger partial charge in [0.25, 0.3) is 0 Å². The van der Waals surface area contributed by atoms with Gasteiger partial charge in [-0.3, -0.25) is 4.99 Å². The molecule has 0 radical (unpaired) electrons. The predicted molar refractivity (Wildman–Crippen MR) is 61.1 cm³/mol. The largest absolute Gasteiger partial charge is 0.390 e. The molecule has 0 aromatic heterocycles. The van der Waals surface area contributed by atoms with E-state index < -0.39 is 23.7 Å². The molecule has 92 valence electrons. The van der Waals surface area contributed by atoms with Gasteiger partial charge in [0.15, 0.2) is 11.5 Å². The summed E-state index contributed by atoms with van der Waals surface area (Å²) in [5.41, 5.74) is 5.13. The number of aliphatic imine (C=N–C) groups is 1. The summed E-state index contributed by atoms with van der Waals surface area (Å²) in [4.78, 5) is 14.6. The lowest BCUT2D eigenvalue weighted by Crippen LogP contribution is -2.48. The molecule has 6 nitrogen and oxygen atoms in total. The van der Waals surface area contributed by atoms with Crippen LogP contribution in [0.25, 0.3) is 0 Å². The second kappa shape index (κ2) is 6.19. The first-order valence-corrected chi connectivity index (χ1v) is 5.90. The molecule has 0 aromatic carbocycles. The van der Waals surface area contributed by atoms with E-state index >= 15 is 0 Å². The fraction of sp³-hybridized carbons (Fsp3) is 0.778. The smallest absolute Gasteiger partial charge is 0.156 e. The van der Waals surface area contributed by atoms with Gasteiger partial charge in [0.2, 0.25) is 0 Å². The molecule has 7 heteroatoms. The summed E-state index contributed by atoms with van der Waals surface area (Å²) in [5, 5.41) is 19.3. The van der Waals surface area contributed by atoms with Gasteiger partial charge in [0.05, 0.1) is 6.10 Å². The van der Waals surface area contributed by atoms with Crippen molar-refractivity contribution in [3.05, 3.63) is 0 Å². The molecule has 0 aromatic rings. The zero-order chi connectivity index (χ0) is 12.1. The Hall–Kier alpha value is -0.630. The van der Waals surface area contributed by atoms with E-state index in [-0.39, 0.29) is 6.42 Å². The summed E-state index contributed by atoms with van der Waals surface area (Å²) in [6, 6.07) is 0. The van der Waals surface area contributed by atoms with Gasteiger partial charge in [-0.05, 0) is 6.92 Å². The number of aliphatic hydroxyl groups excluding tert-OH is 2. The summed E-state index contributed by atoms with van der Waals surface area (Å²) in [6.07, 6.45) is -2.45. The monoisotopic (exact) mass is 248 g/mol.